The third-order valence-electron chi connectivity index (χ3n) is 2.01. The zero-order valence-corrected chi connectivity index (χ0v) is 9.38. The van der Waals surface area contributed by atoms with Gasteiger partial charge in [0, 0.05) is 7.05 Å². The van der Waals surface area contributed by atoms with E-state index in [4.69, 9.17) is 16.3 Å². The highest BCUT2D eigenvalue weighted by atomic mass is 35.5. The fourth-order valence-electron chi connectivity index (χ4n) is 1.31. The Morgan fingerprint density at radius 2 is 2.29 bits per heavy atom. The van der Waals surface area contributed by atoms with E-state index >= 15 is 0 Å². The topological polar surface area (TPSA) is 94.4 Å². The molecule has 8 nitrogen and oxygen atoms in total. The first-order valence-corrected chi connectivity index (χ1v) is 5.00. The number of ether oxygens (including phenoxy) is 1. The molecular formula is C8H6ClN7O. The molecule has 0 saturated heterocycles. The lowest BCUT2D eigenvalue weighted by atomic mass is 10.4. The minimum absolute atomic E-state index is 0.0627. The molecule has 0 fully saturated rings. The van der Waals surface area contributed by atoms with Crippen LogP contribution in [0.4, 0.5) is 0 Å². The van der Waals surface area contributed by atoms with Gasteiger partial charge in [-0.2, -0.15) is 20.1 Å². The number of aromatic nitrogens is 7. The van der Waals surface area contributed by atoms with Crippen molar-refractivity contribution in [2.45, 2.75) is 0 Å². The summed E-state index contributed by atoms with van der Waals surface area (Å²) in [6.07, 6.45) is 3.06. The number of nitrogens with one attached hydrogen (secondary N) is 1. The molecule has 0 aliphatic heterocycles. The number of H-pyrrole nitrogens is 1. The second-order valence-corrected chi connectivity index (χ2v) is 3.57. The lowest BCUT2D eigenvalue weighted by Crippen LogP contribution is -1.94. The molecule has 0 atom stereocenters. The highest BCUT2D eigenvalue weighted by Gasteiger charge is 2.12. The van der Waals surface area contributed by atoms with Gasteiger partial charge < -0.3 is 4.74 Å². The smallest absolute Gasteiger partial charge is 0.342 e. The third kappa shape index (κ3) is 1.78. The van der Waals surface area contributed by atoms with Crippen LogP contribution in [0.25, 0.3) is 11.0 Å². The Morgan fingerprint density at radius 3 is 3.06 bits per heavy atom. The monoisotopic (exact) mass is 251 g/mol. The fraction of sp³-hybridized carbons (Fsp3) is 0.125. The van der Waals surface area contributed by atoms with E-state index in [1.807, 2.05) is 0 Å². The second-order valence-electron chi connectivity index (χ2n) is 3.23. The van der Waals surface area contributed by atoms with E-state index in [1.165, 1.54) is 11.0 Å². The number of halogens is 1. The Bertz CT molecular complexity index is 675. The van der Waals surface area contributed by atoms with E-state index in [0.717, 1.165) is 0 Å². The summed E-state index contributed by atoms with van der Waals surface area (Å²) < 4.78 is 6.93. The van der Waals surface area contributed by atoms with Crippen molar-refractivity contribution in [2.24, 2.45) is 7.05 Å². The standard InChI is InChI=1S/C8H6ClN7O/c1-16-3-10-8(15-16)17-6-4-2-11-14-5(4)12-7(9)13-6/h2-3H,1H3,(H,11,12,13,14). The van der Waals surface area contributed by atoms with Gasteiger partial charge in [0.15, 0.2) is 5.65 Å². The summed E-state index contributed by atoms with van der Waals surface area (Å²) in [4.78, 5) is 11.8. The van der Waals surface area contributed by atoms with Gasteiger partial charge >= 0.3 is 6.01 Å². The molecule has 86 valence electrons. The average molecular weight is 252 g/mol. The molecule has 0 saturated carbocycles. The van der Waals surface area contributed by atoms with Gasteiger partial charge in [-0.25, -0.2) is 0 Å². The maximum Gasteiger partial charge on any atom is 0.342 e. The molecule has 3 aromatic rings. The summed E-state index contributed by atoms with van der Waals surface area (Å²) in [5.74, 6) is 0.264. The van der Waals surface area contributed by atoms with Gasteiger partial charge in [-0.3, -0.25) is 9.78 Å². The van der Waals surface area contributed by atoms with Gasteiger partial charge in [-0.05, 0) is 11.6 Å². The van der Waals surface area contributed by atoms with Crippen molar-refractivity contribution in [1.82, 2.24) is 34.9 Å². The molecule has 3 heterocycles. The normalized spacial score (nSPS) is 10.9. The molecule has 0 unspecified atom stereocenters. The Morgan fingerprint density at radius 1 is 1.41 bits per heavy atom. The van der Waals surface area contributed by atoms with Gasteiger partial charge in [-0.15, -0.1) is 5.10 Å². The summed E-state index contributed by atoms with van der Waals surface area (Å²) in [5.41, 5.74) is 0.496. The van der Waals surface area contributed by atoms with E-state index < -0.39 is 0 Å². The van der Waals surface area contributed by atoms with Crippen LogP contribution in [0.1, 0.15) is 0 Å². The molecule has 0 amide bonds. The van der Waals surface area contributed by atoms with Crippen LogP contribution in [0, 0.1) is 0 Å². The average Bonchev–Trinajstić information content (AvgIpc) is 2.87. The molecule has 17 heavy (non-hydrogen) atoms. The van der Waals surface area contributed by atoms with E-state index in [2.05, 4.69) is 30.2 Å². The maximum atomic E-state index is 5.76. The van der Waals surface area contributed by atoms with Crippen molar-refractivity contribution in [3.05, 3.63) is 17.8 Å². The summed E-state index contributed by atoms with van der Waals surface area (Å²) >= 11 is 5.76. The van der Waals surface area contributed by atoms with Crippen molar-refractivity contribution in [3.63, 3.8) is 0 Å². The Labute approximate surface area is 99.6 Å². The van der Waals surface area contributed by atoms with Crippen LogP contribution in [0.15, 0.2) is 12.5 Å². The first kappa shape index (κ1) is 9.97. The molecule has 1 N–H and O–H groups in total. The quantitative estimate of drug-likeness (QED) is 0.681. The number of nitrogens with zero attached hydrogens (tertiary/aromatic N) is 6. The molecule has 0 spiro atoms. The van der Waals surface area contributed by atoms with Crippen molar-refractivity contribution >= 4 is 22.6 Å². The molecule has 0 aliphatic carbocycles. The lowest BCUT2D eigenvalue weighted by molar-refractivity contribution is 0.427. The minimum Gasteiger partial charge on any atom is -0.403 e. The van der Waals surface area contributed by atoms with E-state index in [9.17, 15) is 0 Å². The number of aromatic amines is 1. The molecular weight excluding hydrogens is 246 g/mol. The van der Waals surface area contributed by atoms with Crippen LogP contribution in [0.2, 0.25) is 5.28 Å². The molecule has 0 aromatic carbocycles. The van der Waals surface area contributed by atoms with E-state index in [0.29, 0.717) is 11.0 Å². The minimum atomic E-state index is 0.0627. The Balaban J connectivity index is 2.07. The van der Waals surface area contributed by atoms with Gasteiger partial charge in [0.05, 0.1) is 6.20 Å². The first-order chi connectivity index (χ1) is 8.22. The number of hydrogen-bond donors (Lipinski definition) is 1. The molecule has 3 aromatic heterocycles. The molecule has 9 heteroatoms. The fourth-order valence-corrected chi connectivity index (χ4v) is 1.47. The molecule has 0 radical (unpaired) electrons. The van der Waals surface area contributed by atoms with Crippen LogP contribution in [0.3, 0.4) is 0 Å². The van der Waals surface area contributed by atoms with Crippen LogP contribution < -0.4 is 4.74 Å². The van der Waals surface area contributed by atoms with Gasteiger partial charge in [0.2, 0.25) is 11.2 Å². The predicted octanol–water partition coefficient (Wildman–Crippen LogP) is 0.927. The lowest BCUT2D eigenvalue weighted by Gasteiger charge is -2.00. The van der Waals surface area contributed by atoms with Crippen LogP contribution in [-0.4, -0.2) is 34.9 Å². The Hall–Kier alpha value is -2.22. The van der Waals surface area contributed by atoms with Gasteiger partial charge in [0.25, 0.3) is 0 Å². The van der Waals surface area contributed by atoms with Crippen LogP contribution >= 0.6 is 11.6 Å². The van der Waals surface area contributed by atoms with Crippen LogP contribution in [0.5, 0.6) is 11.9 Å². The zero-order chi connectivity index (χ0) is 11.8. The first-order valence-electron chi connectivity index (χ1n) is 4.62. The van der Waals surface area contributed by atoms with Crippen molar-refractivity contribution < 1.29 is 4.74 Å². The summed E-state index contributed by atoms with van der Waals surface area (Å²) in [5, 5.41) is 11.2. The van der Waals surface area contributed by atoms with E-state index in [-0.39, 0.29) is 17.2 Å². The number of aryl methyl sites for hydroxylation is 1. The SMILES string of the molecule is Cn1cnc(Oc2nc(Cl)nc3[nH]ncc23)n1. The highest BCUT2D eigenvalue weighted by molar-refractivity contribution is 6.28. The zero-order valence-electron chi connectivity index (χ0n) is 8.62. The third-order valence-corrected chi connectivity index (χ3v) is 2.18. The van der Waals surface area contributed by atoms with Crippen LogP contribution in [-0.2, 0) is 7.05 Å². The highest BCUT2D eigenvalue weighted by Crippen LogP contribution is 2.25. The largest absolute Gasteiger partial charge is 0.403 e. The predicted molar refractivity (Wildman–Crippen MR) is 57.8 cm³/mol. The van der Waals surface area contributed by atoms with Gasteiger partial charge in [-0.1, -0.05) is 0 Å². The van der Waals surface area contributed by atoms with Crippen molar-refractivity contribution in [1.29, 1.82) is 0 Å². The number of hydrogen-bond acceptors (Lipinski definition) is 6. The summed E-state index contributed by atoms with van der Waals surface area (Å²) in [7, 11) is 1.74. The summed E-state index contributed by atoms with van der Waals surface area (Å²) in [6.45, 7) is 0. The van der Waals surface area contributed by atoms with Crippen molar-refractivity contribution in [2.75, 3.05) is 0 Å². The van der Waals surface area contributed by atoms with Crippen molar-refractivity contribution in [3.8, 4) is 11.9 Å². The summed E-state index contributed by atoms with van der Waals surface area (Å²) in [6, 6.07) is 0.185. The molecule has 0 bridgehead atoms. The second kappa shape index (κ2) is 3.67. The number of fused-ring (bicyclic) bond motifs is 1. The van der Waals surface area contributed by atoms with Gasteiger partial charge in [0.1, 0.15) is 11.7 Å². The maximum absolute atomic E-state index is 5.76. The molecule has 0 aliphatic rings. The Kier molecular flexibility index (Phi) is 2.15. The number of rotatable bonds is 2. The van der Waals surface area contributed by atoms with E-state index in [1.54, 1.807) is 13.2 Å². The molecule has 3 rings (SSSR count).